The van der Waals surface area contributed by atoms with Gasteiger partial charge in [-0.05, 0) is 17.5 Å². The number of ether oxygens (including phenoxy) is 2. The van der Waals surface area contributed by atoms with E-state index in [0.29, 0.717) is 0 Å². The molecule has 0 aromatic heterocycles. The van der Waals surface area contributed by atoms with Crippen molar-refractivity contribution in [2.45, 2.75) is 67.5 Å². The van der Waals surface area contributed by atoms with E-state index in [9.17, 15) is 30.6 Å². The Balaban J connectivity index is 2.21. The van der Waals surface area contributed by atoms with E-state index < -0.39 is 67.7 Å². The van der Waals surface area contributed by atoms with Crippen LogP contribution < -0.4 is 0 Å². The monoisotopic (exact) mass is 376 g/mol. The molecule has 0 amide bonds. The summed E-state index contributed by atoms with van der Waals surface area (Å²) in [6.45, 7) is -0.681. The molecule has 14 heteroatoms. The second-order valence-electron chi connectivity index (χ2n) is 6.06. The lowest BCUT2D eigenvalue weighted by atomic mass is 9.84. The Labute approximate surface area is 146 Å². The summed E-state index contributed by atoms with van der Waals surface area (Å²) < 4.78 is 10.6. The molecule has 0 bridgehead atoms. The highest BCUT2D eigenvalue weighted by atomic mass is 16.7. The Kier molecular flexibility index (Phi) is 6.97. The molecule has 0 radical (unpaired) electrons. The van der Waals surface area contributed by atoms with Gasteiger partial charge in [-0.2, -0.15) is 0 Å². The summed E-state index contributed by atoms with van der Waals surface area (Å²) in [4.78, 5) is 5.17. The maximum atomic E-state index is 10.2. The van der Waals surface area contributed by atoms with Gasteiger partial charge >= 0.3 is 0 Å². The second-order valence-corrected chi connectivity index (χ2v) is 6.06. The van der Waals surface area contributed by atoms with E-state index >= 15 is 0 Å². The standard InChI is InChI=1S/C12H20N6O8/c13-17-15-3-1-4(16-18-14)11(9(23)6(3)20)26-12-10(24)8(22)7(21)5(2-19)25-12/h3-12,19-24H,1-2H2/t3?,4?,5-,6+,7+,8+,9-,10-,11-,12+/m1/s1. The zero-order valence-electron chi connectivity index (χ0n) is 13.4. The molecule has 1 aliphatic heterocycles. The zero-order valence-corrected chi connectivity index (χ0v) is 13.4. The van der Waals surface area contributed by atoms with Crippen LogP contribution in [0.3, 0.4) is 0 Å². The van der Waals surface area contributed by atoms with Crippen LogP contribution in [0.1, 0.15) is 6.42 Å². The van der Waals surface area contributed by atoms with Crippen LogP contribution in [0.15, 0.2) is 10.2 Å². The van der Waals surface area contributed by atoms with Crippen molar-refractivity contribution in [2.24, 2.45) is 10.2 Å². The molecule has 146 valence electrons. The summed E-state index contributed by atoms with van der Waals surface area (Å²) in [6, 6.07) is -2.15. The number of nitrogens with zero attached hydrogens (tertiary/aromatic N) is 6. The fourth-order valence-corrected chi connectivity index (χ4v) is 3.04. The third kappa shape index (κ3) is 4.00. The molecule has 1 aliphatic carbocycles. The van der Waals surface area contributed by atoms with Gasteiger partial charge in [-0.25, -0.2) is 0 Å². The van der Waals surface area contributed by atoms with Gasteiger partial charge in [0.05, 0.1) is 30.9 Å². The van der Waals surface area contributed by atoms with Crippen molar-refractivity contribution in [3.8, 4) is 0 Å². The van der Waals surface area contributed by atoms with Gasteiger partial charge in [0.2, 0.25) is 0 Å². The van der Waals surface area contributed by atoms with E-state index in [1.165, 1.54) is 0 Å². The molecule has 26 heavy (non-hydrogen) atoms. The molecule has 0 aromatic rings. The van der Waals surface area contributed by atoms with Crippen LogP contribution in [-0.2, 0) is 9.47 Å². The molecule has 2 rings (SSSR count). The number of azide groups is 2. The smallest absolute Gasteiger partial charge is 0.187 e. The van der Waals surface area contributed by atoms with Crippen LogP contribution in [0.4, 0.5) is 0 Å². The average Bonchev–Trinajstić information content (AvgIpc) is 2.63. The Morgan fingerprint density at radius 3 is 2.08 bits per heavy atom. The van der Waals surface area contributed by atoms with Gasteiger partial charge in [0.25, 0.3) is 0 Å². The quantitative estimate of drug-likeness (QED) is 0.172. The number of rotatable bonds is 5. The van der Waals surface area contributed by atoms with Crippen molar-refractivity contribution >= 4 is 0 Å². The maximum absolute atomic E-state index is 10.2. The Morgan fingerprint density at radius 1 is 0.885 bits per heavy atom. The first-order chi connectivity index (χ1) is 12.3. The Hall–Kier alpha value is -1.70. The highest BCUT2D eigenvalue weighted by Gasteiger charge is 2.49. The molecule has 0 aromatic carbocycles. The number of hydrogen-bond acceptors (Lipinski definition) is 10. The van der Waals surface area contributed by atoms with Crippen LogP contribution in [-0.4, -0.2) is 98.3 Å². The highest BCUT2D eigenvalue weighted by molar-refractivity contribution is 5.01. The number of aliphatic hydroxyl groups is 6. The zero-order chi connectivity index (χ0) is 19.4. The fraction of sp³-hybridized carbons (Fsp3) is 1.00. The lowest BCUT2D eigenvalue weighted by molar-refractivity contribution is -0.323. The first kappa shape index (κ1) is 20.6. The van der Waals surface area contributed by atoms with Gasteiger partial charge in [0.15, 0.2) is 6.29 Å². The fourth-order valence-electron chi connectivity index (χ4n) is 3.04. The Bertz CT molecular complexity index is 582. The van der Waals surface area contributed by atoms with Gasteiger partial charge < -0.3 is 40.1 Å². The molecular weight excluding hydrogens is 356 g/mol. The minimum absolute atomic E-state index is 0.144. The minimum atomic E-state index is -1.74. The molecule has 0 spiro atoms. The summed E-state index contributed by atoms with van der Waals surface area (Å²) in [5.74, 6) is 0. The third-order valence-corrected chi connectivity index (χ3v) is 4.48. The number of aliphatic hydroxyl groups excluding tert-OH is 6. The SMILES string of the molecule is [N-]=[N+]=NC1CC(N=[N+]=[N-])[C@H](O)[C@@H](O)[C@@H]1O[C@@H]1O[C@H](CO)[C@H](O)[C@H](O)[C@H]1O. The van der Waals surface area contributed by atoms with Crippen molar-refractivity contribution in [1.29, 1.82) is 0 Å². The molecule has 14 nitrogen and oxygen atoms in total. The molecule has 1 saturated carbocycles. The summed E-state index contributed by atoms with van der Waals surface area (Å²) >= 11 is 0. The largest absolute Gasteiger partial charge is 0.394 e. The van der Waals surface area contributed by atoms with Gasteiger partial charge in [0, 0.05) is 9.82 Å². The van der Waals surface area contributed by atoms with E-state index in [2.05, 4.69) is 20.1 Å². The summed E-state index contributed by atoms with van der Waals surface area (Å²) in [7, 11) is 0. The van der Waals surface area contributed by atoms with Crippen LogP contribution in [0, 0.1) is 0 Å². The lowest BCUT2D eigenvalue weighted by Crippen LogP contribution is -2.63. The van der Waals surface area contributed by atoms with Crippen LogP contribution in [0.25, 0.3) is 20.9 Å². The predicted octanol–water partition coefficient (Wildman–Crippen LogP) is -2.35. The van der Waals surface area contributed by atoms with Crippen LogP contribution in [0.5, 0.6) is 0 Å². The van der Waals surface area contributed by atoms with E-state index in [0.717, 1.165) is 0 Å². The molecule has 2 fully saturated rings. The van der Waals surface area contributed by atoms with E-state index in [1.807, 2.05) is 0 Å². The lowest BCUT2D eigenvalue weighted by Gasteiger charge is -2.45. The predicted molar refractivity (Wildman–Crippen MR) is 81.1 cm³/mol. The average molecular weight is 376 g/mol. The summed E-state index contributed by atoms with van der Waals surface area (Å²) in [5.41, 5.74) is 17.2. The second kappa shape index (κ2) is 8.79. The number of hydrogen-bond donors (Lipinski definition) is 6. The molecule has 1 heterocycles. The normalized spacial score (nSPS) is 46.1. The van der Waals surface area contributed by atoms with Crippen molar-refractivity contribution in [3.05, 3.63) is 20.9 Å². The maximum Gasteiger partial charge on any atom is 0.187 e. The van der Waals surface area contributed by atoms with Crippen molar-refractivity contribution < 1.29 is 40.1 Å². The van der Waals surface area contributed by atoms with Crippen molar-refractivity contribution in [1.82, 2.24) is 0 Å². The molecule has 10 atom stereocenters. The Morgan fingerprint density at radius 2 is 1.50 bits per heavy atom. The first-order valence-electron chi connectivity index (χ1n) is 7.76. The first-order valence-corrected chi connectivity index (χ1v) is 7.76. The highest BCUT2D eigenvalue weighted by Crippen LogP contribution is 2.31. The summed E-state index contributed by atoms with van der Waals surface area (Å²) in [6.07, 6.45) is -12.6. The van der Waals surface area contributed by atoms with Gasteiger partial charge in [-0.3, -0.25) is 0 Å². The minimum Gasteiger partial charge on any atom is -0.394 e. The van der Waals surface area contributed by atoms with Gasteiger partial charge in [0.1, 0.15) is 30.5 Å². The van der Waals surface area contributed by atoms with Crippen molar-refractivity contribution in [3.63, 3.8) is 0 Å². The molecule has 2 aliphatic rings. The van der Waals surface area contributed by atoms with E-state index in [-0.39, 0.29) is 6.42 Å². The summed E-state index contributed by atoms with van der Waals surface area (Å²) in [5, 5.41) is 65.8. The third-order valence-electron chi connectivity index (χ3n) is 4.48. The topological polar surface area (TPSA) is 237 Å². The van der Waals surface area contributed by atoms with Gasteiger partial charge in [-0.15, -0.1) is 0 Å². The molecule has 1 saturated heterocycles. The molecule has 2 unspecified atom stereocenters. The molecular formula is C12H20N6O8. The van der Waals surface area contributed by atoms with Crippen LogP contribution in [0.2, 0.25) is 0 Å². The van der Waals surface area contributed by atoms with E-state index in [4.69, 9.17) is 20.5 Å². The van der Waals surface area contributed by atoms with E-state index in [1.54, 1.807) is 0 Å². The van der Waals surface area contributed by atoms with Crippen LogP contribution >= 0.6 is 0 Å². The van der Waals surface area contributed by atoms with Gasteiger partial charge in [-0.1, -0.05) is 10.2 Å². The molecule has 6 N–H and O–H groups in total. The van der Waals surface area contributed by atoms with Crippen molar-refractivity contribution in [2.75, 3.05) is 6.61 Å².